The highest BCUT2D eigenvalue weighted by molar-refractivity contribution is 6.84. The van der Waals surface area contributed by atoms with Gasteiger partial charge in [-0.3, -0.25) is 0 Å². The second kappa shape index (κ2) is 11.1. The smallest absolute Gasteiger partial charge is 0.335 e. The van der Waals surface area contributed by atoms with Crippen LogP contribution < -0.4 is 0 Å². The van der Waals surface area contributed by atoms with Crippen molar-refractivity contribution in [1.29, 1.82) is 0 Å². The van der Waals surface area contributed by atoms with Gasteiger partial charge in [0.05, 0.1) is 12.7 Å². The average molecular weight is 535 g/mol. The minimum absolute atomic E-state index is 0.189. The predicted octanol–water partition coefficient (Wildman–Crippen LogP) is 6.77. The van der Waals surface area contributed by atoms with E-state index in [9.17, 15) is 0 Å². The summed E-state index contributed by atoms with van der Waals surface area (Å²) in [7, 11) is -5.48. The van der Waals surface area contributed by atoms with Gasteiger partial charge in [-0.2, -0.15) is 0 Å². The van der Waals surface area contributed by atoms with Crippen molar-refractivity contribution in [3.63, 3.8) is 0 Å². The highest BCUT2D eigenvalue weighted by Gasteiger charge is 2.65. The largest absolute Gasteiger partial charge is 0.414 e. The van der Waals surface area contributed by atoms with Gasteiger partial charge in [0, 0.05) is 5.56 Å². The fourth-order valence-corrected chi connectivity index (χ4v) is 17.5. The molecule has 6 atom stereocenters. The maximum Gasteiger partial charge on any atom is 0.335 e. The molecule has 0 radical (unpaired) electrons. The maximum atomic E-state index is 7.41. The summed E-state index contributed by atoms with van der Waals surface area (Å²) in [6, 6.07) is 10.1. The van der Waals surface area contributed by atoms with Gasteiger partial charge in [-0.15, -0.1) is 6.58 Å². The first-order valence-corrected chi connectivity index (χ1v) is 17.6. The summed E-state index contributed by atoms with van der Waals surface area (Å²) in [5, 5.41) is 0. The molecule has 1 aromatic carbocycles. The maximum absolute atomic E-state index is 7.41. The van der Waals surface area contributed by atoms with E-state index in [1.165, 1.54) is 0 Å². The molecule has 0 saturated carbocycles. The Hall–Kier alpha value is -0.846. The quantitative estimate of drug-likeness (QED) is 0.284. The lowest BCUT2D eigenvalue weighted by atomic mass is 9.92. The van der Waals surface area contributed by atoms with E-state index in [0.29, 0.717) is 13.0 Å². The van der Waals surface area contributed by atoms with E-state index in [-0.39, 0.29) is 52.7 Å². The van der Waals surface area contributed by atoms with E-state index in [0.717, 1.165) is 5.56 Å². The average Bonchev–Trinajstić information content (AvgIpc) is 3.02. The van der Waals surface area contributed by atoms with Crippen molar-refractivity contribution in [2.24, 2.45) is 0 Å². The van der Waals surface area contributed by atoms with Crippen LogP contribution in [0.15, 0.2) is 43.0 Å². The molecule has 3 aliphatic heterocycles. The number of ether oxygens (including phenoxy) is 3. The molecule has 8 heteroatoms. The Balaban J connectivity index is 1.81. The van der Waals surface area contributed by atoms with E-state index in [1.54, 1.807) is 0 Å². The van der Waals surface area contributed by atoms with Crippen LogP contribution in [-0.2, 0) is 27.2 Å². The number of benzene rings is 1. The number of rotatable bonds is 7. The standard InChI is InChI=1S/C28H46O6Si2/c1-10-14-23-26-27(25-24(30-23)17-29-28(31-25)22-15-12-11-13-16-22)33-36(20(6)7,21(8)9)34-35(32-26,18(2)3)19(4)5/h10-13,15-16,18-21,23-28H,1,14,17H2,2-9H3/t23-,24+,25+,26-,27-,28+/m0/s1. The summed E-state index contributed by atoms with van der Waals surface area (Å²) in [6.45, 7) is 22.5. The third kappa shape index (κ3) is 4.96. The van der Waals surface area contributed by atoms with Gasteiger partial charge in [0.25, 0.3) is 0 Å². The van der Waals surface area contributed by atoms with Crippen molar-refractivity contribution in [3.8, 4) is 0 Å². The second-order valence-electron chi connectivity index (χ2n) is 11.7. The molecule has 3 heterocycles. The van der Waals surface area contributed by atoms with Gasteiger partial charge in [-0.05, 0) is 28.6 Å². The van der Waals surface area contributed by atoms with Gasteiger partial charge in [-0.1, -0.05) is 91.8 Å². The van der Waals surface area contributed by atoms with Crippen molar-refractivity contribution in [3.05, 3.63) is 48.6 Å². The molecule has 0 amide bonds. The molecule has 0 unspecified atom stereocenters. The molecular formula is C28H46O6Si2. The molecule has 3 fully saturated rings. The van der Waals surface area contributed by atoms with Crippen LogP contribution >= 0.6 is 0 Å². The van der Waals surface area contributed by atoms with Crippen LogP contribution in [0.1, 0.15) is 73.7 Å². The fourth-order valence-electron chi connectivity index (χ4n) is 6.14. The molecule has 0 bridgehead atoms. The molecule has 3 aliphatic rings. The summed E-state index contributed by atoms with van der Waals surface area (Å²) in [5.74, 6) is 0. The van der Waals surface area contributed by atoms with Gasteiger partial charge < -0.3 is 27.2 Å². The second-order valence-corrected chi connectivity index (χ2v) is 20.5. The zero-order valence-corrected chi connectivity index (χ0v) is 25.3. The lowest BCUT2D eigenvalue weighted by molar-refractivity contribution is -0.323. The Morgan fingerprint density at radius 3 is 1.89 bits per heavy atom. The summed E-state index contributed by atoms with van der Waals surface area (Å²) < 4.78 is 41.5. The fraction of sp³-hybridized carbons (Fsp3) is 0.714. The van der Waals surface area contributed by atoms with Crippen molar-refractivity contribution >= 4 is 17.1 Å². The third-order valence-corrected chi connectivity index (χ3v) is 18.3. The van der Waals surface area contributed by atoms with Crippen molar-refractivity contribution < 1.29 is 27.2 Å². The van der Waals surface area contributed by atoms with Crippen LogP contribution in [0.4, 0.5) is 0 Å². The zero-order valence-electron chi connectivity index (χ0n) is 23.3. The molecule has 202 valence electrons. The van der Waals surface area contributed by atoms with Gasteiger partial charge in [0.2, 0.25) is 0 Å². The van der Waals surface area contributed by atoms with Crippen LogP contribution in [0.25, 0.3) is 0 Å². The van der Waals surface area contributed by atoms with Crippen LogP contribution in [-0.4, -0.2) is 54.2 Å². The first-order chi connectivity index (χ1) is 17.1. The Kier molecular flexibility index (Phi) is 8.69. The minimum Gasteiger partial charge on any atom is -0.414 e. The van der Waals surface area contributed by atoms with E-state index in [2.05, 4.69) is 62.0 Å². The van der Waals surface area contributed by atoms with Crippen LogP contribution in [0.2, 0.25) is 22.2 Å². The topological polar surface area (TPSA) is 55.4 Å². The van der Waals surface area contributed by atoms with Gasteiger partial charge in [-0.25, -0.2) is 0 Å². The normalized spacial score (nSPS) is 33.9. The van der Waals surface area contributed by atoms with Gasteiger partial charge >= 0.3 is 17.1 Å². The summed E-state index contributed by atoms with van der Waals surface area (Å²) in [6.07, 6.45) is 0.796. The molecule has 0 aliphatic carbocycles. The van der Waals surface area contributed by atoms with Crippen molar-refractivity contribution in [2.75, 3.05) is 6.61 Å². The van der Waals surface area contributed by atoms with Crippen molar-refractivity contribution in [2.45, 2.75) is 121 Å². The van der Waals surface area contributed by atoms with Gasteiger partial charge in [0.1, 0.15) is 24.4 Å². The lowest BCUT2D eigenvalue weighted by Crippen LogP contribution is -2.65. The molecule has 0 spiro atoms. The third-order valence-electron chi connectivity index (χ3n) is 8.07. The van der Waals surface area contributed by atoms with Crippen LogP contribution in [0, 0.1) is 0 Å². The summed E-state index contributed by atoms with van der Waals surface area (Å²) in [4.78, 5) is 0. The molecule has 36 heavy (non-hydrogen) atoms. The Bertz CT molecular complexity index is 860. The Morgan fingerprint density at radius 1 is 0.806 bits per heavy atom. The molecular weight excluding hydrogens is 488 g/mol. The van der Waals surface area contributed by atoms with E-state index < -0.39 is 23.4 Å². The molecule has 4 rings (SSSR count). The number of fused-ring (bicyclic) bond motifs is 3. The SMILES string of the molecule is C=CC[C@@H]1O[C@@H]2CO[C@@H](c3ccccc3)O[C@H]2[C@@H]2O[Si](C(C)C)(C(C)C)O[Si](C(C)C)(C(C)C)O[C@H]21. The highest BCUT2D eigenvalue weighted by Crippen LogP contribution is 2.51. The first-order valence-electron chi connectivity index (χ1n) is 13.7. The highest BCUT2D eigenvalue weighted by atomic mass is 28.5. The Labute approximate surface area is 220 Å². The Morgan fingerprint density at radius 2 is 1.36 bits per heavy atom. The minimum atomic E-state index is -2.75. The molecule has 3 saturated heterocycles. The van der Waals surface area contributed by atoms with E-state index >= 15 is 0 Å². The van der Waals surface area contributed by atoms with Crippen LogP contribution in [0.3, 0.4) is 0 Å². The number of hydrogen-bond acceptors (Lipinski definition) is 6. The van der Waals surface area contributed by atoms with Gasteiger partial charge in [0.15, 0.2) is 6.29 Å². The van der Waals surface area contributed by atoms with E-state index in [1.807, 2.05) is 36.4 Å². The molecule has 6 nitrogen and oxygen atoms in total. The summed E-state index contributed by atoms with van der Waals surface area (Å²) >= 11 is 0. The zero-order chi connectivity index (χ0) is 26.3. The lowest BCUT2D eigenvalue weighted by Gasteiger charge is -2.50. The molecule has 0 aromatic heterocycles. The summed E-state index contributed by atoms with van der Waals surface area (Å²) in [5.41, 5.74) is 2.04. The predicted molar refractivity (Wildman–Crippen MR) is 146 cm³/mol. The van der Waals surface area contributed by atoms with E-state index in [4.69, 9.17) is 27.2 Å². The molecule has 0 N–H and O–H groups in total. The van der Waals surface area contributed by atoms with Crippen LogP contribution in [0.5, 0.6) is 0 Å². The monoisotopic (exact) mass is 534 g/mol. The molecule has 1 aromatic rings. The first kappa shape index (κ1) is 28.2. The number of hydrogen-bond donors (Lipinski definition) is 0. The van der Waals surface area contributed by atoms with Crippen molar-refractivity contribution in [1.82, 2.24) is 0 Å².